The maximum atomic E-state index is 3.34. The van der Waals surface area contributed by atoms with Crippen molar-refractivity contribution in [3.05, 3.63) is 47.2 Å². The lowest BCUT2D eigenvalue weighted by Crippen LogP contribution is -1.80. The predicted molar refractivity (Wildman–Crippen MR) is 53.8 cm³/mol. The van der Waals surface area contributed by atoms with E-state index in [1.54, 1.807) is 0 Å². The summed E-state index contributed by atoms with van der Waals surface area (Å²) >= 11 is 0. The van der Waals surface area contributed by atoms with E-state index < -0.39 is 0 Å². The van der Waals surface area contributed by atoms with Gasteiger partial charge in [-0.3, -0.25) is 0 Å². The van der Waals surface area contributed by atoms with Crippen LogP contribution < -0.4 is 0 Å². The standard InChI is InChI=1S/C12H11N/c1-8-7-13-12-10-5-3-2-4-9(10)6-11(8)12/h2-5,7,13H,6H2,1H3. The summed E-state index contributed by atoms with van der Waals surface area (Å²) in [5.74, 6) is 0. The number of benzene rings is 1. The highest BCUT2D eigenvalue weighted by Crippen LogP contribution is 2.36. The molecule has 3 rings (SSSR count). The number of fused-ring (bicyclic) bond motifs is 3. The maximum Gasteiger partial charge on any atom is 0.0495 e. The van der Waals surface area contributed by atoms with E-state index in [9.17, 15) is 0 Å². The second kappa shape index (κ2) is 2.25. The summed E-state index contributed by atoms with van der Waals surface area (Å²) in [5.41, 5.74) is 7.01. The summed E-state index contributed by atoms with van der Waals surface area (Å²) < 4.78 is 0. The fourth-order valence-electron chi connectivity index (χ4n) is 2.13. The lowest BCUT2D eigenvalue weighted by molar-refractivity contribution is 1.23. The number of aryl methyl sites for hydroxylation is 1. The topological polar surface area (TPSA) is 15.8 Å². The van der Waals surface area contributed by atoms with Crippen LogP contribution in [0.15, 0.2) is 30.5 Å². The highest BCUT2D eigenvalue weighted by atomic mass is 14.7. The van der Waals surface area contributed by atoms with Crippen molar-refractivity contribution >= 4 is 0 Å². The minimum absolute atomic E-state index is 1.10. The van der Waals surface area contributed by atoms with Crippen LogP contribution in [0.5, 0.6) is 0 Å². The predicted octanol–water partition coefficient (Wildman–Crippen LogP) is 2.89. The molecule has 64 valence electrons. The molecule has 1 aliphatic carbocycles. The van der Waals surface area contributed by atoms with Crippen LogP contribution in [0, 0.1) is 6.92 Å². The Labute approximate surface area is 77.4 Å². The fraction of sp³-hybridized carbons (Fsp3) is 0.167. The SMILES string of the molecule is Cc1c[nH]c2c1Cc1ccccc1-2. The minimum atomic E-state index is 1.10. The fourth-order valence-corrected chi connectivity index (χ4v) is 2.13. The molecule has 0 bridgehead atoms. The lowest BCUT2D eigenvalue weighted by atomic mass is 10.1. The first kappa shape index (κ1) is 6.96. The van der Waals surface area contributed by atoms with Gasteiger partial charge in [0, 0.05) is 23.9 Å². The van der Waals surface area contributed by atoms with Crippen molar-refractivity contribution < 1.29 is 0 Å². The monoisotopic (exact) mass is 169 g/mol. The summed E-state index contributed by atoms with van der Waals surface area (Å²) in [6.07, 6.45) is 3.20. The van der Waals surface area contributed by atoms with Gasteiger partial charge in [0.15, 0.2) is 0 Å². The molecule has 0 saturated heterocycles. The van der Waals surface area contributed by atoms with Gasteiger partial charge >= 0.3 is 0 Å². The molecule has 0 atom stereocenters. The Morgan fingerprint density at radius 1 is 1.23 bits per heavy atom. The number of H-pyrrole nitrogens is 1. The summed E-state index contributed by atoms with van der Waals surface area (Å²) in [6, 6.07) is 8.61. The number of rotatable bonds is 0. The summed E-state index contributed by atoms with van der Waals surface area (Å²) in [6.45, 7) is 2.17. The van der Waals surface area contributed by atoms with Crippen molar-refractivity contribution in [2.24, 2.45) is 0 Å². The number of aromatic amines is 1. The molecule has 0 saturated carbocycles. The van der Waals surface area contributed by atoms with E-state index in [-0.39, 0.29) is 0 Å². The molecule has 1 aromatic heterocycles. The third kappa shape index (κ3) is 0.816. The minimum Gasteiger partial charge on any atom is -0.361 e. The van der Waals surface area contributed by atoms with Crippen LogP contribution in [-0.2, 0) is 6.42 Å². The van der Waals surface area contributed by atoms with Gasteiger partial charge in [0.25, 0.3) is 0 Å². The number of aromatic nitrogens is 1. The molecule has 1 N–H and O–H groups in total. The Balaban J connectivity index is 2.32. The number of hydrogen-bond donors (Lipinski definition) is 1. The maximum absolute atomic E-state index is 3.34. The van der Waals surface area contributed by atoms with Crippen LogP contribution in [0.4, 0.5) is 0 Å². The van der Waals surface area contributed by atoms with Gasteiger partial charge in [0.05, 0.1) is 0 Å². The Kier molecular flexibility index (Phi) is 1.21. The van der Waals surface area contributed by atoms with Gasteiger partial charge in [-0.1, -0.05) is 24.3 Å². The number of nitrogens with one attached hydrogen (secondary N) is 1. The summed E-state index contributed by atoms with van der Waals surface area (Å²) in [4.78, 5) is 3.34. The first-order chi connectivity index (χ1) is 6.36. The second-order valence-corrected chi connectivity index (χ2v) is 3.66. The molecular weight excluding hydrogens is 158 g/mol. The van der Waals surface area contributed by atoms with Gasteiger partial charge in [-0.15, -0.1) is 0 Å². The van der Waals surface area contributed by atoms with Gasteiger partial charge in [0.2, 0.25) is 0 Å². The number of hydrogen-bond acceptors (Lipinski definition) is 0. The third-order valence-electron chi connectivity index (χ3n) is 2.86. The van der Waals surface area contributed by atoms with Gasteiger partial charge in [-0.05, 0) is 23.6 Å². The molecule has 1 aliphatic rings. The molecule has 0 fully saturated rings. The Morgan fingerprint density at radius 2 is 2.08 bits per heavy atom. The average Bonchev–Trinajstić information content (AvgIpc) is 2.67. The summed E-state index contributed by atoms with van der Waals surface area (Å²) in [5, 5.41) is 0. The van der Waals surface area contributed by atoms with E-state index in [0.717, 1.165) is 6.42 Å². The van der Waals surface area contributed by atoms with Crippen LogP contribution in [0.2, 0.25) is 0 Å². The molecule has 1 nitrogen and oxygen atoms in total. The third-order valence-corrected chi connectivity index (χ3v) is 2.86. The molecule has 2 aromatic rings. The smallest absolute Gasteiger partial charge is 0.0495 e. The van der Waals surface area contributed by atoms with Gasteiger partial charge in [-0.25, -0.2) is 0 Å². The lowest BCUT2D eigenvalue weighted by Gasteiger charge is -1.96. The van der Waals surface area contributed by atoms with Gasteiger partial charge < -0.3 is 4.98 Å². The first-order valence-electron chi connectivity index (χ1n) is 4.61. The van der Waals surface area contributed by atoms with Crippen LogP contribution in [-0.4, -0.2) is 4.98 Å². The molecule has 0 radical (unpaired) electrons. The zero-order chi connectivity index (χ0) is 8.84. The van der Waals surface area contributed by atoms with Gasteiger partial charge in [0.1, 0.15) is 0 Å². The summed E-state index contributed by atoms with van der Waals surface area (Å²) in [7, 11) is 0. The normalized spacial score (nSPS) is 12.7. The molecule has 1 heteroatoms. The molecule has 0 unspecified atom stereocenters. The Morgan fingerprint density at radius 3 is 3.00 bits per heavy atom. The van der Waals surface area contributed by atoms with Crippen LogP contribution in [0.1, 0.15) is 16.7 Å². The van der Waals surface area contributed by atoms with Crippen molar-refractivity contribution in [2.75, 3.05) is 0 Å². The van der Waals surface area contributed by atoms with E-state index in [4.69, 9.17) is 0 Å². The molecule has 1 aromatic carbocycles. The molecule has 0 amide bonds. The molecule has 0 spiro atoms. The van der Waals surface area contributed by atoms with Crippen molar-refractivity contribution in [2.45, 2.75) is 13.3 Å². The van der Waals surface area contributed by atoms with E-state index in [1.165, 1.54) is 27.9 Å². The van der Waals surface area contributed by atoms with E-state index in [2.05, 4.69) is 42.4 Å². The van der Waals surface area contributed by atoms with Crippen molar-refractivity contribution in [3.8, 4) is 11.3 Å². The van der Waals surface area contributed by atoms with Crippen molar-refractivity contribution in [1.82, 2.24) is 4.98 Å². The van der Waals surface area contributed by atoms with Crippen LogP contribution in [0.3, 0.4) is 0 Å². The first-order valence-corrected chi connectivity index (χ1v) is 4.61. The quantitative estimate of drug-likeness (QED) is 0.532. The van der Waals surface area contributed by atoms with Crippen LogP contribution >= 0.6 is 0 Å². The largest absolute Gasteiger partial charge is 0.361 e. The van der Waals surface area contributed by atoms with Crippen molar-refractivity contribution in [1.29, 1.82) is 0 Å². The van der Waals surface area contributed by atoms with Crippen molar-refractivity contribution in [3.63, 3.8) is 0 Å². The second-order valence-electron chi connectivity index (χ2n) is 3.66. The molecule has 1 heterocycles. The molecule has 0 aliphatic heterocycles. The Bertz CT molecular complexity index is 466. The van der Waals surface area contributed by atoms with E-state index >= 15 is 0 Å². The highest BCUT2D eigenvalue weighted by Gasteiger charge is 2.20. The molecular formula is C12H11N. The zero-order valence-corrected chi connectivity index (χ0v) is 7.59. The Hall–Kier alpha value is -1.50. The average molecular weight is 169 g/mol. The van der Waals surface area contributed by atoms with E-state index in [1.807, 2.05) is 0 Å². The van der Waals surface area contributed by atoms with Gasteiger partial charge in [-0.2, -0.15) is 0 Å². The zero-order valence-electron chi connectivity index (χ0n) is 7.59. The molecule has 13 heavy (non-hydrogen) atoms. The van der Waals surface area contributed by atoms with Crippen LogP contribution in [0.25, 0.3) is 11.3 Å². The van der Waals surface area contributed by atoms with E-state index in [0.29, 0.717) is 0 Å². The highest BCUT2D eigenvalue weighted by molar-refractivity contribution is 5.74.